The van der Waals surface area contributed by atoms with E-state index in [2.05, 4.69) is 20.4 Å². The van der Waals surface area contributed by atoms with Gasteiger partial charge >= 0.3 is 0 Å². The Kier molecular flexibility index (Phi) is 3.77. The van der Waals surface area contributed by atoms with Crippen LogP contribution in [0.15, 0.2) is 55.2 Å². The van der Waals surface area contributed by atoms with Crippen LogP contribution in [-0.2, 0) is 6.42 Å². The van der Waals surface area contributed by atoms with Gasteiger partial charge in [-0.3, -0.25) is 4.79 Å². The summed E-state index contributed by atoms with van der Waals surface area (Å²) in [6.45, 7) is 0.553. The molecule has 0 saturated heterocycles. The van der Waals surface area contributed by atoms with E-state index < -0.39 is 0 Å². The van der Waals surface area contributed by atoms with Crippen molar-refractivity contribution in [2.75, 3.05) is 6.54 Å². The van der Waals surface area contributed by atoms with Crippen molar-refractivity contribution in [2.45, 2.75) is 6.42 Å². The summed E-state index contributed by atoms with van der Waals surface area (Å²) in [5, 5.41) is 7.07. The van der Waals surface area contributed by atoms with Gasteiger partial charge in [-0.2, -0.15) is 5.10 Å². The van der Waals surface area contributed by atoms with Gasteiger partial charge in [-0.25, -0.2) is 9.67 Å². The summed E-state index contributed by atoms with van der Waals surface area (Å²) in [6, 6.07) is 9.68. The number of aromatic amines is 1. The Bertz CT molecular complexity index is 703. The van der Waals surface area contributed by atoms with Crippen molar-refractivity contribution in [1.82, 2.24) is 25.1 Å². The summed E-state index contributed by atoms with van der Waals surface area (Å²) in [6.07, 6.45) is 7.39. The number of carbonyl (C=O) groups excluding carboxylic acids is 1. The Morgan fingerprint density at radius 3 is 2.86 bits per heavy atom. The maximum atomic E-state index is 12.0. The Morgan fingerprint density at radius 1 is 1.24 bits per heavy atom. The normalized spacial score (nSPS) is 10.5. The van der Waals surface area contributed by atoms with Crippen LogP contribution in [0.1, 0.15) is 16.1 Å². The van der Waals surface area contributed by atoms with Gasteiger partial charge in [-0.05, 0) is 12.1 Å². The van der Waals surface area contributed by atoms with Crippen LogP contribution in [0, 0.1) is 0 Å². The van der Waals surface area contributed by atoms with Crippen LogP contribution >= 0.6 is 0 Å². The molecule has 6 nitrogen and oxygen atoms in total. The summed E-state index contributed by atoms with van der Waals surface area (Å²) in [7, 11) is 0. The lowest BCUT2D eigenvalue weighted by molar-refractivity contribution is 0.0954. The maximum Gasteiger partial charge on any atom is 0.254 e. The highest BCUT2D eigenvalue weighted by Gasteiger charge is 2.08. The number of hydrogen-bond donors (Lipinski definition) is 2. The minimum Gasteiger partial charge on any atom is -0.352 e. The van der Waals surface area contributed by atoms with Crippen LogP contribution in [0.4, 0.5) is 0 Å². The van der Waals surface area contributed by atoms with E-state index in [0.29, 0.717) is 12.1 Å². The molecule has 0 unspecified atom stereocenters. The number of aromatic nitrogens is 4. The summed E-state index contributed by atoms with van der Waals surface area (Å²) in [5.41, 5.74) is 2.47. The molecule has 0 aliphatic heterocycles. The van der Waals surface area contributed by atoms with Crippen LogP contribution in [0.25, 0.3) is 5.69 Å². The summed E-state index contributed by atoms with van der Waals surface area (Å²) < 4.78 is 1.68. The number of hydrogen-bond acceptors (Lipinski definition) is 3. The molecule has 0 spiro atoms. The molecule has 106 valence electrons. The molecule has 3 rings (SSSR count). The zero-order valence-electron chi connectivity index (χ0n) is 11.4. The first-order valence-electron chi connectivity index (χ1n) is 6.68. The second-order valence-corrected chi connectivity index (χ2v) is 4.59. The van der Waals surface area contributed by atoms with Crippen LogP contribution < -0.4 is 5.32 Å². The molecule has 6 heteroatoms. The number of nitrogens with zero attached hydrogens (tertiary/aromatic N) is 3. The lowest BCUT2D eigenvalue weighted by atomic mass is 10.3. The molecule has 0 aliphatic carbocycles. The van der Waals surface area contributed by atoms with Crippen molar-refractivity contribution >= 4 is 5.91 Å². The quantitative estimate of drug-likeness (QED) is 0.745. The highest BCUT2D eigenvalue weighted by Crippen LogP contribution is 2.07. The lowest BCUT2D eigenvalue weighted by Crippen LogP contribution is -2.25. The number of imidazole rings is 1. The molecule has 2 heterocycles. The third kappa shape index (κ3) is 3.17. The number of benzene rings is 1. The number of rotatable bonds is 5. The van der Waals surface area contributed by atoms with E-state index in [0.717, 1.165) is 17.8 Å². The first-order valence-corrected chi connectivity index (χ1v) is 6.68. The van der Waals surface area contributed by atoms with Crippen molar-refractivity contribution in [2.24, 2.45) is 0 Å². The van der Waals surface area contributed by atoms with Crippen molar-refractivity contribution in [3.8, 4) is 5.69 Å². The number of carbonyl (C=O) groups is 1. The Hall–Kier alpha value is -2.89. The largest absolute Gasteiger partial charge is 0.352 e. The van der Waals surface area contributed by atoms with Crippen LogP contribution in [0.5, 0.6) is 0 Å². The minimum absolute atomic E-state index is 0.128. The fourth-order valence-corrected chi connectivity index (χ4v) is 2.00. The topological polar surface area (TPSA) is 75.6 Å². The van der Waals surface area contributed by atoms with Gasteiger partial charge in [0.1, 0.15) is 0 Å². The van der Waals surface area contributed by atoms with Crippen LogP contribution in [0.3, 0.4) is 0 Å². The summed E-state index contributed by atoms with van der Waals surface area (Å²) in [5.74, 6) is -0.128. The molecule has 0 radical (unpaired) electrons. The number of para-hydroxylation sites is 1. The summed E-state index contributed by atoms with van der Waals surface area (Å²) >= 11 is 0. The fourth-order valence-electron chi connectivity index (χ4n) is 2.00. The van der Waals surface area contributed by atoms with Gasteiger partial charge in [0.15, 0.2) is 0 Å². The standard InChI is InChI=1S/C15H15N5O/c21-15(17-7-6-13-9-16-11-18-13)12-8-19-20(10-12)14-4-2-1-3-5-14/h1-5,8-11H,6-7H2,(H,16,18)(H,17,21). The molecule has 0 aliphatic rings. The molecule has 3 aromatic rings. The van der Waals surface area contributed by atoms with Gasteiger partial charge in [0.25, 0.3) is 5.91 Å². The molecule has 0 fully saturated rings. The molecule has 0 atom stereocenters. The van der Waals surface area contributed by atoms with Crippen molar-refractivity contribution in [3.63, 3.8) is 0 Å². The van der Waals surface area contributed by atoms with Gasteiger partial charge in [-0.15, -0.1) is 0 Å². The Balaban J connectivity index is 1.59. The highest BCUT2D eigenvalue weighted by atomic mass is 16.1. The van der Waals surface area contributed by atoms with E-state index in [4.69, 9.17) is 0 Å². The van der Waals surface area contributed by atoms with Crippen molar-refractivity contribution < 1.29 is 4.79 Å². The van der Waals surface area contributed by atoms with E-state index in [1.54, 1.807) is 29.6 Å². The average Bonchev–Trinajstić information content (AvgIpc) is 3.20. The molecule has 2 aromatic heterocycles. The Morgan fingerprint density at radius 2 is 2.10 bits per heavy atom. The minimum atomic E-state index is -0.128. The predicted octanol–water partition coefficient (Wildman–Crippen LogP) is 1.57. The molecule has 0 bridgehead atoms. The number of amides is 1. The molecular weight excluding hydrogens is 266 g/mol. The van der Waals surface area contributed by atoms with Gasteiger partial charge < -0.3 is 10.3 Å². The monoisotopic (exact) mass is 281 g/mol. The Labute approximate surface area is 121 Å². The third-order valence-corrected chi connectivity index (χ3v) is 3.10. The number of nitrogens with one attached hydrogen (secondary N) is 2. The van der Waals surface area contributed by atoms with Gasteiger partial charge in [0.05, 0.1) is 23.8 Å². The first kappa shape index (κ1) is 13.1. The smallest absolute Gasteiger partial charge is 0.254 e. The van der Waals surface area contributed by atoms with E-state index in [1.165, 1.54) is 0 Å². The average molecular weight is 281 g/mol. The molecule has 0 saturated carbocycles. The van der Waals surface area contributed by atoms with Gasteiger partial charge in [0.2, 0.25) is 0 Å². The molecule has 1 amide bonds. The van der Waals surface area contributed by atoms with Gasteiger partial charge in [-0.1, -0.05) is 18.2 Å². The van der Waals surface area contributed by atoms with E-state index in [1.807, 2.05) is 30.3 Å². The zero-order chi connectivity index (χ0) is 14.5. The molecule has 21 heavy (non-hydrogen) atoms. The fraction of sp³-hybridized carbons (Fsp3) is 0.133. The SMILES string of the molecule is O=C(NCCc1cnc[nH]1)c1cnn(-c2ccccc2)c1. The second-order valence-electron chi connectivity index (χ2n) is 4.59. The summed E-state index contributed by atoms with van der Waals surface area (Å²) in [4.78, 5) is 19.0. The van der Waals surface area contributed by atoms with E-state index in [-0.39, 0.29) is 5.91 Å². The first-order chi connectivity index (χ1) is 10.3. The lowest BCUT2D eigenvalue weighted by Gasteiger charge is -2.02. The van der Waals surface area contributed by atoms with E-state index >= 15 is 0 Å². The third-order valence-electron chi connectivity index (χ3n) is 3.10. The number of H-pyrrole nitrogens is 1. The molecule has 2 N–H and O–H groups in total. The maximum absolute atomic E-state index is 12.0. The van der Waals surface area contributed by atoms with Gasteiger partial charge in [0, 0.05) is 31.1 Å². The van der Waals surface area contributed by atoms with E-state index in [9.17, 15) is 4.79 Å². The predicted molar refractivity (Wildman–Crippen MR) is 78.2 cm³/mol. The van der Waals surface area contributed by atoms with Crippen molar-refractivity contribution in [3.05, 3.63) is 66.5 Å². The second kappa shape index (κ2) is 6.04. The molecule has 1 aromatic carbocycles. The van der Waals surface area contributed by atoms with Crippen molar-refractivity contribution in [1.29, 1.82) is 0 Å². The zero-order valence-corrected chi connectivity index (χ0v) is 11.4. The highest BCUT2D eigenvalue weighted by molar-refractivity contribution is 5.93. The van der Waals surface area contributed by atoms with Crippen LogP contribution in [0.2, 0.25) is 0 Å². The molecular formula is C15H15N5O. The van der Waals surface area contributed by atoms with Crippen LogP contribution in [-0.4, -0.2) is 32.2 Å².